The summed E-state index contributed by atoms with van der Waals surface area (Å²) >= 11 is 1.53. The van der Waals surface area contributed by atoms with E-state index in [4.69, 9.17) is 4.74 Å². The third-order valence-corrected chi connectivity index (χ3v) is 5.99. The fourth-order valence-corrected chi connectivity index (χ4v) is 4.34. The van der Waals surface area contributed by atoms with Crippen LogP contribution < -0.4 is 5.56 Å². The summed E-state index contributed by atoms with van der Waals surface area (Å²) in [4.78, 5) is 36.5. The third kappa shape index (κ3) is 5.14. The lowest BCUT2D eigenvalue weighted by Crippen LogP contribution is -2.26. The van der Waals surface area contributed by atoms with Gasteiger partial charge in [-0.2, -0.15) is 4.98 Å². The van der Waals surface area contributed by atoms with Gasteiger partial charge in [-0.25, -0.2) is 9.78 Å². The molecule has 1 aromatic carbocycles. The summed E-state index contributed by atoms with van der Waals surface area (Å²) < 4.78 is 7.01. The van der Waals surface area contributed by atoms with Crippen molar-refractivity contribution in [2.24, 2.45) is 0 Å². The lowest BCUT2D eigenvalue weighted by Gasteiger charge is -2.19. The number of benzene rings is 1. The summed E-state index contributed by atoms with van der Waals surface area (Å²) in [6, 6.07) is 11.3. The highest BCUT2D eigenvalue weighted by molar-refractivity contribution is 7.99. The number of aryl methyl sites for hydroxylation is 1. The van der Waals surface area contributed by atoms with Crippen LogP contribution in [0.3, 0.4) is 0 Å². The fourth-order valence-electron chi connectivity index (χ4n) is 3.34. The van der Waals surface area contributed by atoms with Gasteiger partial charge < -0.3 is 9.64 Å². The summed E-state index contributed by atoms with van der Waals surface area (Å²) in [6.07, 6.45) is 0. The van der Waals surface area contributed by atoms with Crippen molar-refractivity contribution in [2.45, 2.75) is 32.9 Å². The molecule has 0 amide bonds. The molecular formula is C23H28N4O3S. The smallest absolute Gasteiger partial charge is 0.339 e. The van der Waals surface area contributed by atoms with E-state index in [9.17, 15) is 9.59 Å². The van der Waals surface area contributed by atoms with Crippen molar-refractivity contribution >= 4 is 28.8 Å². The highest BCUT2D eigenvalue weighted by Crippen LogP contribution is 2.25. The Hall–Kier alpha value is -2.71. The van der Waals surface area contributed by atoms with Gasteiger partial charge >= 0.3 is 5.97 Å². The van der Waals surface area contributed by atoms with Gasteiger partial charge in [0.15, 0.2) is 10.8 Å². The zero-order chi connectivity index (χ0) is 22.4. The molecule has 0 spiro atoms. The quantitative estimate of drug-likeness (QED) is 0.285. The first-order chi connectivity index (χ1) is 15.0. The van der Waals surface area contributed by atoms with Crippen molar-refractivity contribution in [3.05, 3.63) is 58.0 Å². The molecule has 0 aliphatic carbocycles. The molecule has 0 aliphatic heterocycles. The summed E-state index contributed by atoms with van der Waals surface area (Å²) in [5, 5.41) is 0.886. The first kappa shape index (κ1) is 23.0. The number of hydrogen-bond acceptors (Lipinski definition) is 7. The van der Waals surface area contributed by atoms with E-state index < -0.39 is 11.5 Å². The first-order valence-corrected chi connectivity index (χ1v) is 11.5. The van der Waals surface area contributed by atoms with Crippen molar-refractivity contribution in [3.63, 3.8) is 0 Å². The van der Waals surface area contributed by atoms with E-state index in [-0.39, 0.29) is 12.2 Å². The molecule has 0 aliphatic rings. The predicted octanol–water partition coefficient (Wildman–Crippen LogP) is 3.70. The molecular weight excluding hydrogens is 412 g/mol. The molecule has 7 nitrogen and oxygen atoms in total. The highest BCUT2D eigenvalue weighted by Gasteiger charge is 2.19. The number of para-hydroxylation sites is 1. The minimum atomic E-state index is -0.488. The summed E-state index contributed by atoms with van der Waals surface area (Å²) in [5.41, 5.74) is 1.75. The predicted molar refractivity (Wildman–Crippen MR) is 124 cm³/mol. The molecule has 8 heteroatoms. The normalized spacial score (nSPS) is 11.3. The Morgan fingerprint density at radius 1 is 1.13 bits per heavy atom. The van der Waals surface area contributed by atoms with Gasteiger partial charge in [0, 0.05) is 18.0 Å². The van der Waals surface area contributed by atoms with Gasteiger partial charge in [-0.15, -0.1) is 0 Å². The Kier molecular flexibility index (Phi) is 7.81. The fraction of sp³-hybridized carbons (Fsp3) is 0.391. The topological polar surface area (TPSA) is 77.3 Å². The SMILES string of the molecule is CCOC(=O)c1cc2c(=O)nc(SCCN(CC)CC)n(-c3ccccc3)c2nc1C. The van der Waals surface area contributed by atoms with E-state index in [1.807, 2.05) is 34.9 Å². The Labute approximate surface area is 186 Å². The second-order valence-corrected chi connectivity index (χ2v) is 8.02. The number of carbonyl (C=O) groups is 1. The number of thioether (sulfide) groups is 1. The van der Waals surface area contributed by atoms with Gasteiger partial charge in [0.05, 0.1) is 23.3 Å². The summed E-state index contributed by atoms with van der Waals surface area (Å²) in [5.74, 6) is 0.310. The Balaban J connectivity index is 2.14. The van der Waals surface area contributed by atoms with Gasteiger partial charge in [-0.05, 0) is 45.1 Å². The molecule has 0 atom stereocenters. The average molecular weight is 441 g/mol. The number of nitrogens with zero attached hydrogens (tertiary/aromatic N) is 4. The van der Waals surface area contributed by atoms with Gasteiger partial charge in [-0.1, -0.05) is 43.8 Å². The van der Waals surface area contributed by atoms with E-state index in [1.165, 1.54) is 11.8 Å². The van der Waals surface area contributed by atoms with Crippen LogP contribution in [0.25, 0.3) is 16.7 Å². The maximum atomic E-state index is 12.9. The molecule has 0 unspecified atom stereocenters. The average Bonchev–Trinajstić information content (AvgIpc) is 2.77. The molecule has 2 heterocycles. The van der Waals surface area contributed by atoms with Gasteiger partial charge in [0.25, 0.3) is 5.56 Å². The number of hydrogen-bond donors (Lipinski definition) is 0. The van der Waals surface area contributed by atoms with Gasteiger partial charge in [0.1, 0.15) is 0 Å². The monoisotopic (exact) mass is 440 g/mol. The van der Waals surface area contributed by atoms with Crippen LogP contribution >= 0.6 is 11.8 Å². The maximum Gasteiger partial charge on any atom is 0.339 e. The van der Waals surface area contributed by atoms with Crippen LogP contribution in [0.4, 0.5) is 0 Å². The lowest BCUT2D eigenvalue weighted by molar-refractivity contribution is 0.0525. The molecule has 164 valence electrons. The van der Waals surface area contributed by atoms with Gasteiger partial charge in [0.2, 0.25) is 0 Å². The van der Waals surface area contributed by atoms with Crippen molar-refractivity contribution in [2.75, 3.05) is 32.0 Å². The highest BCUT2D eigenvalue weighted by atomic mass is 32.2. The molecule has 0 radical (unpaired) electrons. The van der Waals surface area contributed by atoms with E-state index in [2.05, 4.69) is 28.7 Å². The first-order valence-electron chi connectivity index (χ1n) is 10.5. The number of esters is 1. The van der Waals surface area contributed by atoms with Gasteiger partial charge in [-0.3, -0.25) is 9.36 Å². The molecule has 0 saturated heterocycles. The second kappa shape index (κ2) is 10.5. The number of rotatable bonds is 9. The number of carbonyl (C=O) groups excluding carboxylic acids is 1. The van der Waals surface area contributed by atoms with Crippen LogP contribution in [-0.4, -0.2) is 57.4 Å². The standard InChI is InChI=1S/C23H28N4O3S/c1-5-26(6-2)13-14-31-23-25-21(28)19-15-18(22(29)30-7-3)16(4)24-20(19)27(23)17-11-9-8-10-12-17/h8-12,15H,5-7,13-14H2,1-4H3. The Morgan fingerprint density at radius 3 is 2.48 bits per heavy atom. The molecule has 31 heavy (non-hydrogen) atoms. The lowest BCUT2D eigenvalue weighted by atomic mass is 10.1. The van der Waals surface area contributed by atoms with Crippen LogP contribution in [0.1, 0.15) is 36.8 Å². The second-order valence-electron chi connectivity index (χ2n) is 6.96. The minimum absolute atomic E-state index is 0.255. The van der Waals surface area contributed by atoms with Crippen molar-refractivity contribution in [3.8, 4) is 5.69 Å². The van der Waals surface area contributed by atoms with Crippen LogP contribution in [0.15, 0.2) is 46.3 Å². The van der Waals surface area contributed by atoms with E-state index in [0.29, 0.717) is 21.9 Å². The zero-order valence-electron chi connectivity index (χ0n) is 18.4. The van der Waals surface area contributed by atoms with Crippen LogP contribution in [-0.2, 0) is 4.74 Å². The number of aromatic nitrogens is 3. The Morgan fingerprint density at radius 2 is 1.84 bits per heavy atom. The van der Waals surface area contributed by atoms with Crippen LogP contribution in [0, 0.1) is 6.92 Å². The molecule has 3 rings (SSSR count). The van der Waals surface area contributed by atoms with E-state index in [0.717, 1.165) is 31.1 Å². The van der Waals surface area contributed by atoms with E-state index in [1.54, 1.807) is 19.9 Å². The van der Waals surface area contributed by atoms with Crippen LogP contribution in [0.2, 0.25) is 0 Å². The third-order valence-electron chi connectivity index (χ3n) is 5.07. The number of fused-ring (bicyclic) bond motifs is 1. The van der Waals surface area contributed by atoms with Crippen molar-refractivity contribution in [1.29, 1.82) is 0 Å². The molecule has 3 aromatic rings. The Bertz CT molecular complexity index is 1110. The number of ether oxygens (including phenoxy) is 1. The van der Waals surface area contributed by atoms with E-state index >= 15 is 0 Å². The zero-order valence-corrected chi connectivity index (χ0v) is 19.2. The molecule has 0 saturated carbocycles. The number of pyridine rings is 1. The molecule has 0 N–H and O–H groups in total. The molecule has 0 fully saturated rings. The van der Waals surface area contributed by atoms with Crippen LogP contribution in [0.5, 0.6) is 0 Å². The molecule has 0 bridgehead atoms. The largest absolute Gasteiger partial charge is 0.462 e. The maximum absolute atomic E-state index is 12.9. The van der Waals surface area contributed by atoms with Crippen molar-refractivity contribution in [1.82, 2.24) is 19.4 Å². The van der Waals surface area contributed by atoms with Crippen molar-refractivity contribution < 1.29 is 9.53 Å². The summed E-state index contributed by atoms with van der Waals surface area (Å²) in [6.45, 7) is 10.9. The molecule has 2 aromatic heterocycles. The summed E-state index contributed by atoms with van der Waals surface area (Å²) in [7, 11) is 0. The minimum Gasteiger partial charge on any atom is -0.462 e.